The molecule has 2 saturated heterocycles. The van der Waals surface area contributed by atoms with Crippen molar-refractivity contribution >= 4 is 72.1 Å². The second-order valence-corrected chi connectivity index (χ2v) is 19.9. The quantitative estimate of drug-likeness (QED) is 0.114. The fraction of sp³-hybridized carbons (Fsp3) is 0.293. The molecule has 15 nitrogen and oxygen atoms in total. The van der Waals surface area contributed by atoms with E-state index in [1.54, 1.807) is 42.5 Å². The average molecular weight is 969 g/mol. The number of alkyl halides is 2. The first kappa shape index (κ1) is 47.9. The summed E-state index contributed by atoms with van der Waals surface area (Å²) in [6, 6.07) is 19.8. The van der Waals surface area contributed by atoms with Crippen molar-refractivity contribution < 1.29 is 53.2 Å². The molecule has 1 aromatic heterocycles. The van der Waals surface area contributed by atoms with Crippen LogP contribution in [0.4, 0.5) is 38.5 Å². The van der Waals surface area contributed by atoms with Gasteiger partial charge in [0.15, 0.2) is 25.5 Å². The maximum absolute atomic E-state index is 15.0. The summed E-state index contributed by atoms with van der Waals surface area (Å²) in [6.45, 7) is -0.391. The van der Waals surface area contributed by atoms with Gasteiger partial charge in [-0.2, -0.15) is 8.78 Å². The lowest BCUT2D eigenvalue weighted by atomic mass is 10.1. The smallest absolute Gasteiger partial charge is 0.324 e. The normalized spacial score (nSPS) is 15.6. The lowest BCUT2D eigenvalue weighted by molar-refractivity contribution is 0.100. The van der Waals surface area contributed by atoms with E-state index in [4.69, 9.17) is 33.4 Å². The molecule has 2 fully saturated rings. The summed E-state index contributed by atoms with van der Waals surface area (Å²) in [7, 11) is -6.37. The van der Waals surface area contributed by atoms with Crippen LogP contribution < -0.4 is 15.5 Å². The van der Waals surface area contributed by atoms with Crippen LogP contribution >= 0.6 is 23.2 Å². The highest BCUT2D eigenvalue weighted by atomic mass is 35.5. The Morgan fingerprint density at radius 1 is 0.688 bits per heavy atom. The van der Waals surface area contributed by atoms with E-state index in [1.165, 1.54) is 49.9 Å². The van der Waals surface area contributed by atoms with Crippen molar-refractivity contribution in [1.29, 1.82) is 0 Å². The van der Waals surface area contributed by atoms with Gasteiger partial charge in [-0.1, -0.05) is 53.5 Å². The number of nitrogens with zero attached hydrogens (tertiary/aromatic N) is 6. The predicted molar refractivity (Wildman–Crippen MR) is 231 cm³/mol. The number of amides is 4. The molecule has 23 heteroatoms. The summed E-state index contributed by atoms with van der Waals surface area (Å²) < 4.78 is 107. The number of carbonyl (C=O) groups excluding carboxylic acids is 3. The van der Waals surface area contributed by atoms with Crippen LogP contribution in [0.5, 0.6) is 0 Å². The van der Waals surface area contributed by atoms with Crippen LogP contribution in [0, 0.1) is 11.6 Å². The third-order valence-corrected chi connectivity index (χ3v) is 13.8. The summed E-state index contributed by atoms with van der Waals surface area (Å²) in [6.07, 6.45) is -2.95. The van der Waals surface area contributed by atoms with Gasteiger partial charge in [-0.15, -0.1) is 10.2 Å². The molecule has 0 bridgehead atoms. The highest BCUT2D eigenvalue weighted by Crippen LogP contribution is 2.29. The number of sulfone groups is 2. The van der Waals surface area contributed by atoms with E-state index in [0.717, 1.165) is 12.1 Å². The molecule has 64 heavy (non-hydrogen) atoms. The number of rotatable bonds is 10. The molecule has 0 saturated carbocycles. The molecule has 0 unspecified atom stereocenters. The molecule has 0 aliphatic carbocycles. The number of urea groups is 2. The number of nitrogens with two attached hydrogens (primary N) is 1. The van der Waals surface area contributed by atoms with Gasteiger partial charge in [-0.05, 0) is 54.6 Å². The van der Waals surface area contributed by atoms with Crippen molar-refractivity contribution in [2.45, 2.75) is 19.5 Å². The molecule has 7 rings (SSSR count). The van der Waals surface area contributed by atoms with E-state index >= 15 is 0 Å². The van der Waals surface area contributed by atoms with Gasteiger partial charge in [0, 0.05) is 69.9 Å². The van der Waals surface area contributed by atoms with E-state index in [2.05, 4.69) is 10.2 Å². The Balaban J connectivity index is 0.000000214. The van der Waals surface area contributed by atoms with Crippen molar-refractivity contribution in [3.63, 3.8) is 0 Å². The van der Waals surface area contributed by atoms with Crippen LogP contribution in [-0.2, 0) is 32.8 Å². The maximum Gasteiger partial charge on any atom is 0.324 e. The minimum absolute atomic E-state index is 0.0171. The lowest BCUT2D eigenvalue weighted by Gasteiger charge is -2.33. The van der Waals surface area contributed by atoms with E-state index in [1.807, 2.05) is 0 Å². The van der Waals surface area contributed by atoms with Crippen molar-refractivity contribution in [2.24, 2.45) is 5.73 Å². The number of hydrogen-bond donors (Lipinski definition) is 1. The Morgan fingerprint density at radius 3 is 1.56 bits per heavy atom. The Labute approximate surface area is 375 Å². The zero-order valence-electron chi connectivity index (χ0n) is 33.5. The topological polar surface area (TPSA) is 197 Å². The van der Waals surface area contributed by atoms with Crippen molar-refractivity contribution in [3.8, 4) is 11.5 Å². The first-order chi connectivity index (χ1) is 30.3. The van der Waals surface area contributed by atoms with Gasteiger partial charge < -0.3 is 20.0 Å². The number of ketones is 1. The molecular weight excluding hydrogens is 930 g/mol. The highest BCUT2D eigenvalue weighted by molar-refractivity contribution is 7.91. The molecule has 0 spiro atoms. The zero-order chi connectivity index (χ0) is 46.3. The van der Waals surface area contributed by atoms with E-state index in [9.17, 15) is 48.8 Å². The number of aromatic nitrogens is 2. The zero-order valence-corrected chi connectivity index (χ0v) is 36.7. The van der Waals surface area contributed by atoms with Gasteiger partial charge in [0.2, 0.25) is 5.89 Å². The third kappa shape index (κ3) is 12.1. The highest BCUT2D eigenvalue weighted by Gasteiger charge is 2.31. The summed E-state index contributed by atoms with van der Waals surface area (Å²) >= 11 is 12.2. The van der Waals surface area contributed by atoms with Crippen LogP contribution in [0.1, 0.15) is 33.8 Å². The third-order valence-electron chi connectivity index (χ3n) is 10.1. The molecule has 2 aliphatic heterocycles. The Morgan fingerprint density at radius 2 is 1.16 bits per heavy atom. The number of carbonyl (C=O) groups is 3. The van der Waals surface area contributed by atoms with E-state index < -0.39 is 61.5 Å². The predicted octanol–water partition coefficient (Wildman–Crippen LogP) is 6.80. The molecule has 4 aromatic carbocycles. The molecule has 4 amide bonds. The molecule has 340 valence electrons. The van der Waals surface area contributed by atoms with Gasteiger partial charge >= 0.3 is 18.5 Å². The van der Waals surface area contributed by atoms with Gasteiger partial charge in [0.05, 0.1) is 42.6 Å². The van der Waals surface area contributed by atoms with Crippen LogP contribution in [0.2, 0.25) is 10.0 Å². The number of halogens is 6. The molecule has 0 radical (unpaired) electrons. The second-order valence-electron chi connectivity index (χ2n) is 14.5. The number of Topliss-reactive ketones (excluding diaryl/α,β-unsaturated/α-hetero) is 1. The van der Waals surface area contributed by atoms with Crippen LogP contribution in [0.25, 0.3) is 11.5 Å². The summed E-state index contributed by atoms with van der Waals surface area (Å²) in [4.78, 5) is 43.6. The van der Waals surface area contributed by atoms with Crippen LogP contribution in [0.15, 0.2) is 89.3 Å². The summed E-state index contributed by atoms with van der Waals surface area (Å²) in [5, 5.41) is 7.48. The van der Waals surface area contributed by atoms with Crippen LogP contribution in [0.3, 0.4) is 0 Å². The lowest BCUT2D eigenvalue weighted by Crippen LogP contribution is -2.49. The Hall–Kier alpha value is -5.61. The number of anilines is 2. The van der Waals surface area contributed by atoms with Crippen molar-refractivity contribution in [1.82, 2.24) is 20.0 Å². The molecule has 2 N–H and O–H groups in total. The fourth-order valence-corrected chi connectivity index (χ4v) is 9.30. The van der Waals surface area contributed by atoms with Gasteiger partial charge in [0.25, 0.3) is 5.89 Å². The summed E-state index contributed by atoms with van der Waals surface area (Å²) in [5.74, 6) is -3.45. The minimum Gasteiger partial charge on any atom is -0.415 e. The fourth-order valence-electron chi connectivity index (χ4n) is 6.53. The van der Waals surface area contributed by atoms with E-state index in [0.29, 0.717) is 21.4 Å². The van der Waals surface area contributed by atoms with Gasteiger partial charge in [-0.3, -0.25) is 14.6 Å². The Bertz CT molecular complexity index is 2740. The standard InChI is InChI=1S/C21H18ClF3N4O4S.C20H21ClFN3O4S/c22-15-2-1-3-16(11-15)29(21(30)28-6-8-34(31,32)9-7-28)12-14-5-4-13(10-17(14)23)19-26-27-20(33-19)18(24)25;21-16-2-1-3-17(11-16)25(20(27)24-6-8-30(28,29)9-7-24)13-15-5-4-14(10-18(15)22)19(26)12-23/h1-5,10-11,18H,6-9,12H2;1-5,10-11H,6-9,12-13,23H2. The molecule has 0 atom stereocenters. The van der Waals surface area contributed by atoms with Gasteiger partial charge in [0.1, 0.15) is 11.6 Å². The first-order valence-corrected chi connectivity index (χ1v) is 23.7. The van der Waals surface area contributed by atoms with Gasteiger partial charge in [-0.25, -0.2) is 35.2 Å². The summed E-state index contributed by atoms with van der Waals surface area (Å²) in [5.41, 5.74) is 6.73. The monoisotopic (exact) mass is 967 g/mol. The minimum atomic E-state index is -3.21. The molecular formula is C41H39Cl2F4N7O8S2. The Kier molecular flexibility index (Phi) is 15.3. The average Bonchev–Trinajstić information content (AvgIpc) is 3.76. The molecule has 3 heterocycles. The first-order valence-electron chi connectivity index (χ1n) is 19.3. The SMILES string of the molecule is NCC(=O)c1ccc(CN(C(=O)N2CCS(=O)(=O)CC2)c2cccc(Cl)c2)c(F)c1.O=C(N1CCS(=O)(=O)CC1)N(Cc1ccc(-c2nnc(C(F)F)o2)cc1F)c1cccc(Cl)c1. The number of hydrogen-bond acceptors (Lipinski definition) is 11. The molecule has 2 aliphatic rings. The van der Waals surface area contributed by atoms with Crippen molar-refractivity contribution in [3.05, 3.63) is 129 Å². The maximum atomic E-state index is 15.0. The largest absolute Gasteiger partial charge is 0.415 e. The number of benzene rings is 4. The molecule has 5 aromatic rings. The van der Waals surface area contributed by atoms with E-state index in [-0.39, 0.29) is 97.0 Å². The van der Waals surface area contributed by atoms with Crippen LogP contribution in [-0.4, -0.2) is 110 Å². The van der Waals surface area contributed by atoms with Crippen molar-refractivity contribution in [2.75, 3.05) is 65.5 Å². The second kappa shape index (κ2) is 20.5.